The van der Waals surface area contributed by atoms with Crippen LogP contribution in [0.1, 0.15) is 56.8 Å². The summed E-state index contributed by atoms with van der Waals surface area (Å²) in [5.41, 5.74) is 5.80. The Bertz CT molecular complexity index is 836. The van der Waals surface area contributed by atoms with Gasteiger partial charge in [0, 0.05) is 31.1 Å². The highest BCUT2D eigenvalue weighted by molar-refractivity contribution is 5.95. The van der Waals surface area contributed by atoms with Crippen molar-refractivity contribution in [1.29, 1.82) is 0 Å². The zero-order valence-corrected chi connectivity index (χ0v) is 20.4. The minimum Gasteiger partial charge on any atom is -0.495 e. The Labute approximate surface area is 196 Å². The predicted molar refractivity (Wildman–Crippen MR) is 127 cm³/mol. The molecule has 1 atom stereocenters. The standard InChI is InChI=1S/C24H38N4O5/c1-16(2)24(3,23(31)33-5)27-21(29)7-6-12-28-13-10-18(11-14-28)26-22(30)17-8-9-19(25)20(15-17)32-4/h8-9,15-16,18H,6-7,10-14,25H2,1-5H3,(H,26,30)(H,27,29)/t24-/m0/s1. The molecule has 2 rings (SSSR count). The van der Waals surface area contributed by atoms with Crippen LogP contribution in [-0.2, 0) is 14.3 Å². The topological polar surface area (TPSA) is 123 Å². The lowest BCUT2D eigenvalue weighted by Crippen LogP contribution is -2.56. The second-order valence-corrected chi connectivity index (χ2v) is 9.05. The Morgan fingerprint density at radius 1 is 1.21 bits per heavy atom. The zero-order valence-electron chi connectivity index (χ0n) is 20.4. The Balaban J connectivity index is 1.73. The molecule has 1 heterocycles. The summed E-state index contributed by atoms with van der Waals surface area (Å²) >= 11 is 0. The molecule has 9 nitrogen and oxygen atoms in total. The lowest BCUT2D eigenvalue weighted by Gasteiger charge is -2.33. The van der Waals surface area contributed by atoms with Crippen molar-refractivity contribution in [2.24, 2.45) is 5.92 Å². The zero-order chi connectivity index (χ0) is 24.6. The van der Waals surface area contributed by atoms with Crippen LogP contribution in [0, 0.1) is 5.92 Å². The summed E-state index contributed by atoms with van der Waals surface area (Å²) in [4.78, 5) is 39.3. The van der Waals surface area contributed by atoms with Crippen LogP contribution in [0.2, 0.25) is 0 Å². The summed E-state index contributed by atoms with van der Waals surface area (Å²) in [6.07, 6.45) is 2.73. The van der Waals surface area contributed by atoms with Gasteiger partial charge in [-0.25, -0.2) is 4.79 Å². The molecular weight excluding hydrogens is 424 g/mol. The summed E-state index contributed by atoms with van der Waals surface area (Å²) < 4.78 is 10.0. The van der Waals surface area contributed by atoms with Crippen molar-refractivity contribution in [3.8, 4) is 5.75 Å². The largest absolute Gasteiger partial charge is 0.495 e. The second-order valence-electron chi connectivity index (χ2n) is 9.05. The molecule has 1 aromatic rings. The molecule has 1 aliphatic heterocycles. The third-order valence-electron chi connectivity index (χ3n) is 6.46. The first-order chi connectivity index (χ1) is 15.6. The summed E-state index contributed by atoms with van der Waals surface area (Å²) in [5, 5.41) is 5.92. The number of anilines is 1. The average Bonchev–Trinajstić information content (AvgIpc) is 2.79. The Morgan fingerprint density at radius 3 is 2.45 bits per heavy atom. The van der Waals surface area contributed by atoms with Gasteiger partial charge in [0.2, 0.25) is 5.91 Å². The van der Waals surface area contributed by atoms with Gasteiger partial charge in [0.25, 0.3) is 5.91 Å². The third kappa shape index (κ3) is 7.08. The molecule has 0 aliphatic carbocycles. The predicted octanol–water partition coefficient (Wildman–Crippen LogP) is 1.96. The Hall–Kier alpha value is -2.81. The maximum atomic E-state index is 12.6. The first kappa shape index (κ1) is 26.4. The summed E-state index contributed by atoms with van der Waals surface area (Å²) in [7, 11) is 2.85. The number of nitrogen functional groups attached to an aromatic ring is 1. The first-order valence-electron chi connectivity index (χ1n) is 11.5. The number of nitrogens with one attached hydrogen (secondary N) is 2. The number of ether oxygens (including phenoxy) is 2. The normalized spacial score (nSPS) is 16.7. The van der Waals surface area contributed by atoms with Crippen molar-refractivity contribution >= 4 is 23.5 Å². The van der Waals surface area contributed by atoms with Crippen LogP contribution < -0.4 is 21.1 Å². The van der Waals surface area contributed by atoms with E-state index in [4.69, 9.17) is 15.2 Å². The molecule has 0 saturated carbocycles. The van der Waals surface area contributed by atoms with Gasteiger partial charge in [-0.15, -0.1) is 0 Å². The highest BCUT2D eigenvalue weighted by Crippen LogP contribution is 2.23. The SMILES string of the molecule is COC(=O)[C@@](C)(NC(=O)CCCN1CCC(NC(=O)c2ccc(N)c(OC)c2)CC1)C(C)C. The molecule has 2 amide bonds. The van der Waals surface area contributed by atoms with Gasteiger partial charge in [0.05, 0.1) is 19.9 Å². The van der Waals surface area contributed by atoms with Crippen LogP contribution in [0.5, 0.6) is 5.75 Å². The number of hydrogen-bond donors (Lipinski definition) is 3. The lowest BCUT2D eigenvalue weighted by atomic mass is 9.88. The molecule has 0 bridgehead atoms. The van der Waals surface area contributed by atoms with Gasteiger partial charge in [-0.05, 0) is 56.8 Å². The molecule has 9 heteroatoms. The second kappa shape index (κ2) is 11.9. The smallest absolute Gasteiger partial charge is 0.331 e. The summed E-state index contributed by atoms with van der Waals surface area (Å²) in [5.74, 6) is -0.327. The fourth-order valence-corrected chi connectivity index (χ4v) is 3.88. The van der Waals surface area contributed by atoms with Gasteiger partial charge in [-0.3, -0.25) is 9.59 Å². The number of esters is 1. The van der Waals surface area contributed by atoms with E-state index in [0.29, 0.717) is 29.8 Å². The van der Waals surface area contributed by atoms with Crippen molar-refractivity contribution in [2.45, 2.75) is 58.0 Å². The van der Waals surface area contributed by atoms with Gasteiger partial charge >= 0.3 is 5.97 Å². The fourth-order valence-electron chi connectivity index (χ4n) is 3.88. The quantitative estimate of drug-likeness (QED) is 0.359. The number of benzene rings is 1. The molecule has 1 saturated heterocycles. The molecule has 184 valence electrons. The molecule has 1 aromatic carbocycles. The maximum Gasteiger partial charge on any atom is 0.331 e. The maximum absolute atomic E-state index is 12.6. The van der Waals surface area contributed by atoms with Crippen LogP contribution in [0.4, 0.5) is 5.69 Å². The van der Waals surface area contributed by atoms with Crippen molar-refractivity contribution in [3.05, 3.63) is 23.8 Å². The van der Waals surface area contributed by atoms with Gasteiger partial charge in [0.15, 0.2) is 0 Å². The fraction of sp³-hybridized carbons (Fsp3) is 0.625. The average molecular weight is 463 g/mol. The molecule has 0 spiro atoms. The number of methoxy groups -OCH3 is 2. The van der Waals surface area contributed by atoms with Crippen molar-refractivity contribution in [1.82, 2.24) is 15.5 Å². The third-order valence-corrected chi connectivity index (χ3v) is 6.46. The number of carbonyl (C=O) groups excluding carboxylic acids is 3. The lowest BCUT2D eigenvalue weighted by molar-refractivity contribution is -0.152. The number of nitrogens with zero attached hydrogens (tertiary/aromatic N) is 1. The van der Waals surface area contributed by atoms with Crippen LogP contribution in [0.25, 0.3) is 0 Å². The summed E-state index contributed by atoms with van der Waals surface area (Å²) in [6, 6.07) is 5.11. The number of likely N-dealkylation sites (tertiary alicyclic amines) is 1. The summed E-state index contributed by atoms with van der Waals surface area (Å²) in [6.45, 7) is 7.95. The monoisotopic (exact) mass is 462 g/mol. The highest BCUT2D eigenvalue weighted by atomic mass is 16.5. The Morgan fingerprint density at radius 2 is 1.88 bits per heavy atom. The van der Waals surface area contributed by atoms with E-state index in [-0.39, 0.29) is 23.8 Å². The molecular formula is C24H38N4O5. The van der Waals surface area contributed by atoms with Crippen molar-refractivity contribution < 1.29 is 23.9 Å². The minimum atomic E-state index is -1.03. The van der Waals surface area contributed by atoms with E-state index in [1.54, 1.807) is 25.1 Å². The number of amides is 2. The van der Waals surface area contributed by atoms with E-state index in [1.807, 2.05) is 13.8 Å². The molecule has 1 aliphatic rings. The number of piperidine rings is 1. The molecule has 4 N–H and O–H groups in total. The van der Waals surface area contributed by atoms with E-state index >= 15 is 0 Å². The van der Waals surface area contributed by atoms with E-state index < -0.39 is 11.5 Å². The highest BCUT2D eigenvalue weighted by Gasteiger charge is 2.39. The van der Waals surface area contributed by atoms with Crippen LogP contribution in [-0.4, -0.2) is 68.1 Å². The van der Waals surface area contributed by atoms with Gasteiger partial charge in [0.1, 0.15) is 11.3 Å². The first-order valence-corrected chi connectivity index (χ1v) is 11.5. The van der Waals surface area contributed by atoms with E-state index in [2.05, 4.69) is 15.5 Å². The number of hydrogen-bond acceptors (Lipinski definition) is 7. The van der Waals surface area contributed by atoms with Gasteiger partial charge < -0.3 is 30.7 Å². The number of carbonyl (C=O) groups is 3. The molecule has 0 aromatic heterocycles. The van der Waals surface area contributed by atoms with Crippen molar-refractivity contribution in [3.63, 3.8) is 0 Å². The van der Waals surface area contributed by atoms with Gasteiger partial charge in [-0.1, -0.05) is 13.8 Å². The van der Waals surface area contributed by atoms with Gasteiger partial charge in [-0.2, -0.15) is 0 Å². The molecule has 0 radical (unpaired) electrons. The molecule has 1 fully saturated rings. The van der Waals surface area contributed by atoms with Crippen LogP contribution in [0.3, 0.4) is 0 Å². The van der Waals surface area contributed by atoms with Crippen molar-refractivity contribution in [2.75, 3.05) is 39.6 Å². The Kier molecular flexibility index (Phi) is 9.52. The van der Waals surface area contributed by atoms with Crippen LogP contribution >= 0.6 is 0 Å². The van der Waals surface area contributed by atoms with Crippen LogP contribution in [0.15, 0.2) is 18.2 Å². The number of rotatable bonds is 10. The molecule has 0 unspecified atom stereocenters. The number of nitrogens with two attached hydrogens (primary N) is 1. The minimum absolute atomic E-state index is 0.0857. The molecule has 33 heavy (non-hydrogen) atoms. The van der Waals surface area contributed by atoms with E-state index in [1.165, 1.54) is 14.2 Å². The van der Waals surface area contributed by atoms with E-state index in [9.17, 15) is 14.4 Å². The van der Waals surface area contributed by atoms with E-state index in [0.717, 1.165) is 32.5 Å².